The van der Waals surface area contributed by atoms with Gasteiger partial charge in [-0.05, 0) is 48.2 Å². The van der Waals surface area contributed by atoms with E-state index in [0.29, 0.717) is 6.04 Å². The van der Waals surface area contributed by atoms with Crippen LogP contribution in [0, 0.1) is 18.3 Å². The van der Waals surface area contributed by atoms with Crippen molar-refractivity contribution in [2.45, 2.75) is 38.9 Å². The standard InChI is InChI=1S/C22H19ClN4/c1-14-18-9-17(26-12-16-6-4-5-15(11-24)19(16)13-26)10-21(18)25-27(14)22-8-3-2-7-20(22)23/h2-8,17H,9-10,12-13H2,1H3. The summed E-state index contributed by atoms with van der Waals surface area (Å²) < 4.78 is 1.98. The lowest BCUT2D eigenvalue weighted by Gasteiger charge is -2.23. The van der Waals surface area contributed by atoms with Crippen LogP contribution in [0.25, 0.3) is 5.69 Å². The van der Waals surface area contributed by atoms with Crippen LogP contribution in [0.4, 0.5) is 0 Å². The Balaban J connectivity index is 1.40. The quantitative estimate of drug-likeness (QED) is 0.675. The molecule has 4 nitrogen and oxygen atoms in total. The number of para-hydroxylation sites is 1. The van der Waals surface area contributed by atoms with E-state index >= 15 is 0 Å². The third-order valence-corrected chi connectivity index (χ3v) is 6.24. The van der Waals surface area contributed by atoms with E-state index in [-0.39, 0.29) is 0 Å². The van der Waals surface area contributed by atoms with Gasteiger partial charge in [-0.2, -0.15) is 10.4 Å². The van der Waals surface area contributed by atoms with Crippen molar-refractivity contribution >= 4 is 11.6 Å². The maximum Gasteiger partial charge on any atom is 0.0995 e. The van der Waals surface area contributed by atoms with Crippen molar-refractivity contribution in [3.05, 3.63) is 81.1 Å². The molecule has 27 heavy (non-hydrogen) atoms. The van der Waals surface area contributed by atoms with E-state index in [9.17, 15) is 5.26 Å². The number of fused-ring (bicyclic) bond motifs is 2. The minimum atomic E-state index is 0.445. The molecule has 0 bridgehead atoms. The Morgan fingerprint density at radius 2 is 1.93 bits per heavy atom. The highest BCUT2D eigenvalue weighted by Crippen LogP contribution is 2.35. The van der Waals surface area contributed by atoms with Gasteiger partial charge in [0.15, 0.2) is 0 Å². The van der Waals surface area contributed by atoms with Crippen LogP contribution >= 0.6 is 11.6 Å². The van der Waals surface area contributed by atoms with E-state index in [2.05, 4.69) is 24.0 Å². The molecule has 3 aromatic rings. The fraction of sp³-hybridized carbons (Fsp3) is 0.273. The van der Waals surface area contributed by atoms with Crippen LogP contribution in [-0.4, -0.2) is 20.7 Å². The van der Waals surface area contributed by atoms with Crippen molar-refractivity contribution < 1.29 is 0 Å². The first-order valence-corrected chi connectivity index (χ1v) is 9.60. The fourth-order valence-corrected chi connectivity index (χ4v) is 4.70. The van der Waals surface area contributed by atoms with Gasteiger partial charge in [-0.15, -0.1) is 0 Å². The lowest BCUT2D eigenvalue weighted by molar-refractivity contribution is 0.203. The lowest BCUT2D eigenvalue weighted by Crippen LogP contribution is -2.31. The number of halogens is 1. The second-order valence-corrected chi connectivity index (χ2v) is 7.80. The number of hydrogen-bond acceptors (Lipinski definition) is 3. The van der Waals surface area contributed by atoms with Crippen molar-refractivity contribution in [1.82, 2.24) is 14.7 Å². The maximum atomic E-state index is 9.37. The Morgan fingerprint density at radius 1 is 1.07 bits per heavy atom. The molecular formula is C22H19ClN4. The summed E-state index contributed by atoms with van der Waals surface area (Å²) in [5, 5.41) is 15.0. The smallest absolute Gasteiger partial charge is 0.0995 e. The first-order valence-electron chi connectivity index (χ1n) is 9.23. The number of benzene rings is 2. The highest BCUT2D eigenvalue weighted by atomic mass is 35.5. The van der Waals surface area contributed by atoms with Crippen LogP contribution in [0.2, 0.25) is 5.02 Å². The van der Waals surface area contributed by atoms with E-state index in [1.54, 1.807) is 0 Å². The highest BCUT2D eigenvalue weighted by molar-refractivity contribution is 6.32. The largest absolute Gasteiger partial charge is 0.291 e. The fourth-order valence-electron chi connectivity index (χ4n) is 4.48. The number of rotatable bonds is 2. The van der Waals surface area contributed by atoms with Crippen LogP contribution in [0.5, 0.6) is 0 Å². The first-order chi connectivity index (χ1) is 13.2. The van der Waals surface area contributed by atoms with Crippen molar-refractivity contribution in [3.8, 4) is 11.8 Å². The van der Waals surface area contributed by atoms with Gasteiger partial charge in [-0.25, -0.2) is 4.68 Å². The maximum absolute atomic E-state index is 9.37. The Morgan fingerprint density at radius 3 is 2.70 bits per heavy atom. The molecule has 0 saturated carbocycles. The normalized spacial score (nSPS) is 18.3. The molecule has 0 radical (unpaired) electrons. The van der Waals surface area contributed by atoms with Gasteiger partial charge in [0.1, 0.15) is 0 Å². The SMILES string of the molecule is Cc1c2c(nn1-c1ccccc1Cl)CC(N1Cc3cccc(C#N)c3C1)C2. The molecule has 134 valence electrons. The van der Waals surface area contributed by atoms with Crippen LogP contribution in [0.15, 0.2) is 42.5 Å². The van der Waals surface area contributed by atoms with Crippen molar-refractivity contribution in [2.24, 2.45) is 0 Å². The predicted molar refractivity (Wildman–Crippen MR) is 105 cm³/mol. The Kier molecular flexibility index (Phi) is 3.82. The minimum Gasteiger partial charge on any atom is -0.291 e. The summed E-state index contributed by atoms with van der Waals surface area (Å²) in [5.74, 6) is 0. The molecule has 2 aliphatic rings. The van der Waals surface area contributed by atoms with Crippen LogP contribution in [0.1, 0.15) is 33.6 Å². The molecule has 0 N–H and O–H groups in total. The molecule has 0 amide bonds. The van der Waals surface area contributed by atoms with Gasteiger partial charge in [0.2, 0.25) is 0 Å². The van der Waals surface area contributed by atoms with Gasteiger partial charge < -0.3 is 0 Å². The monoisotopic (exact) mass is 374 g/mol. The van der Waals surface area contributed by atoms with Crippen LogP contribution in [0.3, 0.4) is 0 Å². The molecule has 1 aliphatic heterocycles. The lowest BCUT2D eigenvalue weighted by atomic mass is 10.1. The third-order valence-electron chi connectivity index (χ3n) is 5.92. The van der Waals surface area contributed by atoms with Gasteiger partial charge in [0, 0.05) is 31.2 Å². The summed E-state index contributed by atoms with van der Waals surface area (Å²) in [6.07, 6.45) is 1.95. The average molecular weight is 375 g/mol. The zero-order valence-electron chi connectivity index (χ0n) is 15.1. The Bertz CT molecular complexity index is 1090. The predicted octanol–water partition coefficient (Wildman–Crippen LogP) is 4.19. The van der Waals surface area contributed by atoms with Gasteiger partial charge in [0.25, 0.3) is 0 Å². The second kappa shape index (κ2) is 6.23. The highest BCUT2D eigenvalue weighted by Gasteiger charge is 2.35. The molecule has 1 atom stereocenters. The van der Waals surface area contributed by atoms with Gasteiger partial charge >= 0.3 is 0 Å². The van der Waals surface area contributed by atoms with E-state index in [0.717, 1.165) is 42.2 Å². The summed E-state index contributed by atoms with van der Waals surface area (Å²) in [4.78, 5) is 2.49. The summed E-state index contributed by atoms with van der Waals surface area (Å²) in [6, 6.07) is 16.7. The molecule has 0 fully saturated rings. The molecule has 1 unspecified atom stereocenters. The number of aromatic nitrogens is 2. The number of nitriles is 1. The number of hydrogen-bond donors (Lipinski definition) is 0. The molecule has 0 saturated heterocycles. The summed E-state index contributed by atoms with van der Waals surface area (Å²) >= 11 is 6.37. The van der Waals surface area contributed by atoms with Gasteiger partial charge in [-0.1, -0.05) is 35.9 Å². The molecule has 1 aromatic heterocycles. The number of nitrogens with zero attached hydrogens (tertiary/aromatic N) is 4. The van der Waals surface area contributed by atoms with E-state index in [4.69, 9.17) is 16.7 Å². The van der Waals surface area contributed by atoms with Crippen molar-refractivity contribution in [3.63, 3.8) is 0 Å². The average Bonchev–Trinajstić information content (AvgIpc) is 3.36. The first kappa shape index (κ1) is 16.6. The van der Waals surface area contributed by atoms with E-state index in [1.807, 2.05) is 41.1 Å². The third kappa shape index (κ3) is 2.58. The second-order valence-electron chi connectivity index (χ2n) is 7.40. The molecule has 5 rings (SSSR count). The van der Waals surface area contributed by atoms with E-state index in [1.165, 1.54) is 28.1 Å². The van der Waals surface area contributed by atoms with Gasteiger partial charge in [-0.3, -0.25) is 4.90 Å². The molecule has 5 heteroatoms. The molecule has 1 aliphatic carbocycles. The van der Waals surface area contributed by atoms with Crippen LogP contribution in [-0.2, 0) is 25.9 Å². The molecular weight excluding hydrogens is 356 g/mol. The van der Waals surface area contributed by atoms with Gasteiger partial charge in [0.05, 0.1) is 28.0 Å². The molecule has 0 spiro atoms. The zero-order chi connectivity index (χ0) is 18.5. The van der Waals surface area contributed by atoms with Crippen molar-refractivity contribution in [2.75, 3.05) is 0 Å². The molecule has 2 aromatic carbocycles. The summed E-state index contributed by atoms with van der Waals surface area (Å²) in [7, 11) is 0. The zero-order valence-corrected chi connectivity index (χ0v) is 15.9. The Labute approximate surface area is 163 Å². The summed E-state index contributed by atoms with van der Waals surface area (Å²) in [5.41, 5.74) is 7.93. The summed E-state index contributed by atoms with van der Waals surface area (Å²) in [6.45, 7) is 3.91. The molecule has 2 heterocycles. The Hall–Kier alpha value is -2.61. The van der Waals surface area contributed by atoms with Crippen molar-refractivity contribution in [1.29, 1.82) is 5.26 Å². The van der Waals surface area contributed by atoms with E-state index < -0.39 is 0 Å². The topological polar surface area (TPSA) is 44.9 Å². The van der Waals surface area contributed by atoms with Crippen LogP contribution < -0.4 is 0 Å². The minimum absolute atomic E-state index is 0.445.